The molecule has 10 rings (SSSR count). The zero-order valence-electron chi connectivity index (χ0n) is 42.1. The maximum absolute atomic E-state index is 11.5. The molecule has 21 nitrogen and oxygen atoms in total. The average Bonchev–Trinajstić information content (AvgIpc) is 3.83. The van der Waals surface area contributed by atoms with Gasteiger partial charge in [-0.1, -0.05) is 39.3 Å². The molecule has 9 fully saturated rings. The van der Waals surface area contributed by atoms with Gasteiger partial charge in [0.15, 0.2) is 25.2 Å². The van der Waals surface area contributed by atoms with Crippen LogP contribution in [0.4, 0.5) is 0 Å². The highest BCUT2D eigenvalue weighted by molar-refractivity contribution is 5.27. The summed E-state index contributed by atoms with van der Waals surface area (Å²) in [7, 11) is 0. The molecule has 72 heavy (non-hydrogen) atoms. The van der Waals surface area contributed by atoms with Gasteiger partial charge in [-0.15, -0.1) is 0 Å². The third-order valence-electron chi connectivity index (χ3n) is 20.1. The highest BCUT2D eigenvalue weighted by atomic mass is 16.8. The van der Waals surface area contributed by atoms with E-state index < -0.39 is 143 Å². The summed E-state index contributed by atoms with van der Waals surface area (Å²) in [5.41, 5.74) is 1.71. The zero-order valence-corrected chi connectivity index (χ0v) is 42.1. The normalized spacial score (nSPS) is 56.8. The lowest BCUT2D eigenvalue weighted by molar-refractivity contribution is -0.391. The predicted molar refractivity (Wildman–Crippen MR) is 248 cm³/mol. The first-order chi connectivity index (χ1) is 34.2. The van der Waals surface area contributed by atoms with Crippen molar-refractivity contribution in [3.63, 3.8) is 0 Å². The van der Waals surface area contributed by atoms with Crippen LogP contribution in [0, 0.1) is 46.3 Å². The zero-order chi connectivity index (χ0) is 51.5. The number of allylic oxidation sites excluding steroid dienone is 1. The van der Waals surface area contributed by atoms with Gasteiger partial charge in [0, 0.05) is 18.6 Å². The molecule has 0 aromatic heterocycles. The van der Waals surface area contributed by atoms with Crippen molar-refractivity contribution in [2.45, 2.75) is 233 Å². The van der Waals surface area contributed by atoms with Crippen molar-refractivity contribution in [1.29, 1.82) is 0 Å². The number of nitrogens with zero attached hydrogens (tertiary/aromatic N) is 1. The molecular formula is C51H83NO20. The Kier molecular flexibility index (Phi) is 15.8. The fraction of sp³-hybridized carbons (Fsp3) is 0.961. The van der Waals surface area contributed by atoms with Crippen LogP contribution >= 0.6 is 0 Å². The van der Waals surface area contributed by atoms with Crippen molar-refractivity contribution >= 4 is 0 Å². The average molecular weight is 1030 g/mol. The number of aliphatic hydroxyl groups excluding tert-OH is 12. The minimum absolute atomic E-state index is 0.00293. The largest absolute Gasteiger partial charge is 0.394 e. The van der Waals surface area contributed by atoms with Crippen LogP contribution < -0.4 is 0 Å². The van der Waals surface area contributed by atoms with Gasteiger partial charge in [-0.3, -0.25) is 4.90 Å². The molecule has 0 spiro atoms. The lowest BCUT2D eigenvalue weighted by Crippen LogP contribution is -2.67. The second-order valence-electron chi connectivity index (χ2n) is 24.0. The number of aliphatic hydroxyl groups is 12. The van der Waals surface area contributed by atoms with Crippen molar-refractivity contribution in [1.82, 2.24) is 4.90 Å². The van der Waals surface area contributed by atoms with Gasteiger partial charge < -0.3 is 99.2 Å². The third kappa shape index (κ3) is 9.09. The molecule has 0 radical (unpaired) electrons. The molecule has 3 saturated carbocycles. The van der Waals surface area contributed by atoms with E-state index in [2.05, 4.69) is 38.7 Å². The third-order valence-corrected chi connectivity index (χ3v) is 20.1. The minimum atomic E-state index is -1.93. The summed E-state index contributed by atoms with van der Waals surface area (Å²) >= 11 is 0. The Bertz CT molecular complexity index is 1900. The van der Waals surface area contributed by atoms with Crippen molar-refractivity contribution < 1.29 is 99.2 Å². The Balaban J connectivity index is 0.795. The van der Waals surface area contributed by atoms with E-state index in [-0.39, 0.29) is 11.5 Å². The summed E-state index contributed by atoms with van der Waals surface area (Å²) in [5, 5.41) is 129. The number of piperidine rings is 1. The van der Waals surface area contributed by atoms with Crippen LogP contribution in [0.15, 0.2) is 11.6 Å². The molecule has 6 heterocycles. The van der Waals surface area contributed by atoms with Gasteiger partial charge in [-0.25, -0.2) is 0 Å². The smallest absolute Gasteiger partial charge is 0.187 e. The molecule has 412 valence electrons. The summed E-state index contributed by atoms with van der Waals surface area (Å²) in [6.07, 6.45) is -20.9. The maximum Gasteiger partial charge on any atom is 0.187 e. The molecule has 0 unspecified atom stereocenters. The molecule has 0 amide bonds. The summed E-state index contributed by atoms with van der Waals surface area (Å²) < 4.78 is 47.6. The highest BCUT2D eigenvalue weighted by Gasteiger charge is 2.67. The van der Waals surface area contributed by atoms with E-state index in [1.807, 2.05) is 0 Å². The Morgan fingerprint density at radius 3 is 1.85 bits per heavy atom. The predicted octanol–water partition coefficient (Wildman–Crippen LogP) is -2.02. The Hall–Kier alpha value is -1.10. The van der Waals surface area contributed by atoms with Crippen LogP contribution in [0.1, 0.15) is 92.4 Å². The number of hydrogen-bond donors (Lipinski definition) is 12. The first-order valence-electron chi connectivity index (χ1n) is 26.9. The molecule has 12 N–H and O–H groups in total. The second-order valence-corrected chi connectivity index (χ2v) is 24.0. The first kappa shape index (κ1) is 54.3. The van der Waals surface area contributed by atoms with Crippen molar-refractivity contribution in [3.8, 4) is 0 Å². The van der Waals surface area contributed by atoms with E-state index in [9.17, 15) is 61.3 Å². The van der Waals surface area contributed by atoms with Crippen LogP contribution in [0.2, 0.25) is 0 Å². The van der Waals surface area contributed by atoms with Crippen LogP contribution in [-0.2, 0) is 37.9 Å². The number of ether oxygens (including phenoxy) is 8. The van der Waals surface area contributed by atoms with E-state index in [4.69, 9.17) is 37.9 Å². The van der Waals surface area contributed by atoms with E-state index in [0.29, 0.717) is 42.1 Å². The molecule has 21 heteroatoms. The Morgan fingerprint density at radius 2 is 1.15 bits per heavy atom. The summed E-state index contributed by atoms with van der Waals surface area (Å²) in [5.74, 6) is 4.10. The molecule has 4 aliphatic carbocycles. The van der Waals surface area contributed by atoms with Crippen LogP contribution in [0.5, 0.6) is 0 Å². The quantitative estimate of drug-likeness (QED) is 0.0995. The second kappa shape index (κ2) is 20.9. The summed E-state index contributed by atoms with van der Waals surface area (Å²) in [4.78, 5) is 2.93. The molecule has 10 aliphatic rings. The van der Waals surface area contributed by atoms with E-state index in [0.717, 1.165) is 36.6 Å². The molecule has 6 aliphatic heterocycles. The van der Waals surface area contributed by atoms with Gasteiger partial charge in [-0.2, -0.15) is 0 Å². The van der Waals surface area contributed by atoms with Crippen LogP contribution in [0.3, 0.4) is 0 Å². The molecule has 6 saturated heterocycles. The first-order valence-corrected chi connectivity index (χ1v) is 26.9. The molecule has 31 atom stereocenters. The Labute approximate surface area is 420 Å². The molecule has 0 bridgehead atoms. The Morgan fingerprint density at radius 1 is 0.569 bits per heavy atom. The monoisotopic (exact) mass is 1030 g/mol. The van der Waals surface area contributed by atoms with Gasteiger partial charge in [0.1, 0.15) is 91.6 Å². The van der Waals surface area contributed by atoms with E-state index >= 15 is 0 Å². The highest BCUT2D eigenvalue weighted by Crippen LogP contribution is 2.70. The van der Waals surface area contributed by atoms with Gasteiger partial charge in [0.05, 0.1) is 32.0 Å². The lowest BCUT2D eigenvalue weighted by atomic mass is 9.47. The van der Waals surface area contributed by atoms with Gasteiger partial charge >= 0.3 is 0 Å². The summed E-state index contributed by atoms with van der Waals surface area (Å²) in [6, 6.07) is 1.41. The number of rotatable bonds is 11. The van der Waals surface area contributed by atoms with Gasteiger partial charge in [0.25, 0.3) is 0 Å². The van der Waals surface area contributed by atoms with Gasteiger partial charge in [0.2, 0.25) is 0 Å². The van der Waals surface area contributed by atoms with E-state index in [1.54, 1.807) is 0 Å². The van der Waals surface area contributed by atoms with Crippen molar-refractivity contribution in [2.75, 3.05) is 26.4 Å². The minimum Gasteiger partial charge on any atom is -0.394 e. The maximum atomic E-state index is 11.5. The van der Waals surface area contributed by atoms with Crippen molar-refractivity contribution in [3.05, 3.63) is 11.6 Å². The molecule has 0 aromatic carbocycles. The number of hydrogen-bond acceptors (Lipinski definition) is 21. The fourth-order valence-corrected chi connectivity index (χ4v) is 16.3. The molecule has 0 aromatic rings. The summed E-state index contributed by atoms with van der Waals surface area (Å²) in [6.45, 7) is 10.5. The van der Waals surface area contributed by atoms with Crippen molar-refractivity contribution in [2.24, 2.45) is 46.3 Å². The van der Waals surface area contributed by atoms with Crippen LogP contribution in [0.25, 0.3) is 0 Å². The molecular weight excluding hydrogens is 947 g/mol. The van der Waals surface area contributed by atoms with Gasteiger partial charge in [-0.05, 0) is 111 Å². The number of fused-ring (bicyclic) bond motifs is 9. The van der Waals surface area contributed by atoms with E-state index in [1.165, 1.54) is 51.1 Å². The standard InChI is InChI=1S/C51H83NO20/c1-20-6-9-28-21(2)33-29(52(28)16-20)15-27-25-8-7-23-14-24(10-12-50(23,4)26(25)11-13-51(27,33)5)66-49-45(38(60)35(57)31(18-54)69-49)72-46-41(63)39(61)43(22(3)65-46)70-48-42(64)44(36(58)32(19-55)68-48)71-47-40(62)37(59)34(56)30(17-53)67-47/h7,20-22,24-49,53-64H,6,8-19H2,1-5H3/t20-,21-,22+,24-,25+,26-,27+,28-,29+,30+,31+,32+,33+,34+,35+,36+,37-,38-,39+,40+,41+,42+,43+,44-,45+,46-,47-,48-,49+,50-,51-/m1/s1. The SMILES string of the molecule is C[C@@H]1CC[C@@H]2[C@@H](C)[C@H]3[C@H](C[C@H]4[C@H]5CC=C6C[C@H](O[C@H]7O[C@@H](CO)[C@H](O)[C@@H](O)[C@@H]7O[C@H]7O[C@@H](C)[C@H](O[C@H]8O[C@@H](CO)[C@H](O)[C@@H](O[C@H]9O[C@@H](CO)[C@H](O)[C@@H](O)[C@@H]9O)[C@@H]8O)[C@@H](O)[C@@H]7O)CC[C@@]6(C)[C@@H]5CC[C@@]34C)N2C1. The lowest BCUT2D eigenvalue weighted by Gasteiger charge is -2.58. The van der Waals surface area contributed by atoms with Crippen LogP contribution in [-0.4, -0.2) is 234 Å². The topological polar surface area (TPSA) is 320 Å². The fourth-order valence-electron chi connectivity index (χ4n) is 16.3.